The van der Waals surface area contributed by atoms with Crippen LogP contribution in [-0.4, -0.2) is 82.4 Å². The molecule has 2 amide bonds. The molecule has 0 saturated heterocycles. The third-order valence-corrected chi connectivity index (χ3v) is 10.5. The van der Waals surface area contributed by atoms with Crippen LogP contribution in [0.3, 0.4) is 0 Å². The molecule has 5 aromatic rings. The molecule has 3 aliphatic heterocycles. The Balaban J connectivity index is 1.01. The molecule has 0 spiro atoms. The molecule has 8 rings (SSSR count). The van der Waals surface area contributed by atoms with E-state index in [0.29, 0.717) is 75.3 Å². The maximum absolute atomic E-state index is 13.9. The van der Waals surface area contributed by atoms with E-state index in [0.717, 1.165) is 28.9 Å². The average Bonchev–Trinajstić information content (AvgIpc) is 3.86. The van der Waals surface area contributed by atoms with Crippen molar-refractivity contribution in [2.24, 2.45) is 9.98 Å². The number of nitrogens with zero attached hydrogens (tertiary/aromatic N) is 4. The van der Waals surface area contributed by atoms with Gasteiger partial charge in [-0.15, -0.1) is 0 Å². The summed E-state index contributed by atoms with van der Waals surface area (Å²) in [6, 6.07) is 27.4. The quantitative estimate of drug-likeness (QED) is 0.0413. The second-order valence-electron chi connectivity index (χ2n) is 14.3. The van der Waals surface area contributed by atoms with E-state index in [9.17, 15) is 14.4 Å². The highest BCUT2D eigenvalue weighted by Crippen LogP contribution is 2.42. The van der Waals surface area contributed by atoms with Gasteiger partial charge in [0.1, 0.15) is 32.2 Å². The second kappa shape index (κ2) is 18.6. The predicted octanol–water partition coefficient (Wildman–Crippen LogP) is 7.03. The number of fused-ring (bicyclic) bond motifs is 5. The number of carboxylic acids is 1. The van der Waals surface area contributed by atoms with Crippen LogP contribution in [0.25, 0.3) is 0 Å². The van der Waals surface area contributed by atoms with E-state index in [-0.39, 0.29) is 44.3 Å². The van der Waals surface area contributed by atoms with E-state index in [1.165, 1.54) is 14.2 Å². The number of carbonyl (C=O) groups excluding carboxylic acids is 2. The van der Waals surface area contributed by atoms with Crippen molar-refractivity contribution in [3.05, 3.63) is 124 Å². The Hall–Kier alpha value is -7.27. The lowest BCUT2D eigenvalue weighted by atomic mass is 10.1. The Kier molecular flexibility index (Phi) is 12.4. The minimum atomic E-state index is -1.22. The van der Waals surface area contributed by atoms with Gasteiger partial charge in [-0.2, -0.15) is 4.89 Å². The topological polar surface area (TPSA) is 176 Å². The first-order chi connectivity index (χ1) is 30.2. The van der Waals surface area contributed by atoms with E-state index in [1.807, 2.05) is 54.6 Å². The molecule has 318 valence electrons. The largest absolute Gasteiger partial charge is 0.493 e. The number of carboxylic acid groups (broad SMARTS) is 1. The molecule has 3 heterocycles. The maximum atomic E-state index is 13.9. The van der Waals surface area contributed by atoms with Crippen LogP contribution in [0.15, 0.2) is 101 Å². The molecule has 62 heavy (non-hydrogen) atoms. The number of hydrogen-bond acceptors (Lipinski definition) is 13. The van der Waals surface area contributed by atoms with Crippen LogP contribution in [0.4, 0.5) is 22.7 Å². The smallest absolute Gasteiger partial charge is 0.333 e. The summed E-state index contributed by atoms with van der Waals surface area (Å²) < 4.78 is 30.0. The fourth-order valence-electron chi connectivity index (χ4n) is 7.64. The van der Waals surface area contributed by atoms with Crippen molar-refractivity contribution in [2.75, 3.05) is 50.4 Å². The van der Waals surface area contributed by atoms with Gasteiger partial charge in [-0.1, -0.05) is 41.4 Å². The highest BCUT2D eigenvalue weighted by atomic mass is 17.5. The second-order valence-corrected chi connectivity index (χ2v) is 14.3. The van der Waals surface area contributed by atoms with Crippen LogP contribution in [-0.2, 0) is 45.7 Å². The van der Waals surface area contributed by atoms with Crippen molar-refractivity contribution in [1.29, 1.82) is 0 Å². The number of ether oxygens (including phenoxy) is 5. The van der Waals surface area contributed by atoms with Gasteiger partial charge < -0.3 is 33.7 Å². The van der Waals surface area contributed by atoms with Gasteiger partial charge in [-0.3, -0.25) is 24.5 Å². The highest BCUT2D eigenvalue weighted by molar-refractivity contribution is 6.15. The molecular weight excluding hydrogens is 801 g/mol. The molecule has 0 aliphatic carbocycles. The van der Waals surface area contributed by atoms with E-state index in [1.54, 1.807) is 52.4 Å². The number of methoxy groups -OCH3 is 2. The standard InChI is InChI=1S/C46H42N4O12/c1-47-36-22-42(40(55-2)20-34(36)45(53)49-13-12-30-8-4-6-10-38(30)49)58-25-28-16-29(18-33(17-28)57-14-15-60-62-61-27-44(51)52)26-59-43-23-37-35(21-41(43)56-3)46(54)50-32(24-48-37)19-31-9-5-7-11-39(31)50/h4-11,16-18,20-24,32H,1,12-15,19,25-27H2,2-3H3,(H,51,52)/t32-/m0/s1. The molecule has 0 aromatic heterocycles. The number of para-hydroxylation sites is 2. The summed E-state index contributed by atoms with van der Waals surface area (Å²) in [6.45, 7) is 3.56. The summed E-state index contributed by atoms with van der Waals surface area (Å²) in [5, 5.41) is 13.1. The fraction of sp³-hybridized carbons (Fsp3) is 0.239. The number of hydrogen-bond donors (Lipinski definition) is 1. The lowest BCUT2D eigenvalue weighted by Crippen LogP contribution is -2.37. The van der Waals surface area contributed by atoms with Gasteiger partial charge in [-0.05, 0) is 77.9 Å². The van der Waals surface area contributed by atoms with Crippen molar-refractivity contribution in [1.82, 2.24) is 0 Å². The predicted molar refractivity (Wildman–Crippen MR) is 227 cm³/mol. The van der Waals surface area contributed by atoms with Gasteiger partial charge in [0.2, 0.25) is 0 Å². The zero-order chi connectivity index (χ0) is 43.2. The number of rotatable bonds is 18. The van der Waals surface area contributed by atoms with Gasteiger partial charge in [0.25, 0.3) is 11.8 Å². The van der Waals surface area contributed by atoms with Crippen LogP contribution < -0.4 is 33.5 Å². The molecule has 3 aliphatic rings. The van der Waals surface area contributed by atoms with Crippen LogP contribution in [0.1, 0.15) is 43.0 Å². The summed E-state index contributed by atoms with van der Waals surface area (Å²) in [7, 11) is 3.00. The molecule has 16 heteroatoms. The first-order valence-corrected chi connectivity index (χ1v) is 19.6. The first-order valence-electron chi connectivity index (χ1n) is 19.6. The Morgan fingerprint density at radius 2 is 1.50 bits per heavy atom. The normalized spacial score (nSPS) is 14.6. The molecular formula is C46H42N4O12. The van der Waals surface area contributed by atoms with Gasteiger partial charge in [-0.25, -0.2) is 9.68 Å². The molecule has 1 atom stereocenters. The summed E-state index contributed by atoms with van der Waals surface area (Å²) in [4.78, 5) is 60.1. The molecule has 0 unspecified atom stereocenters. The number of anilines is 2. The third-order valence-electron chi connectivity index (χ3n) is 10.5. The summed E-state index contributed by atoms with van der Waals surface area (Å²) in [5.41, 5.74) is 6.77. The van der Waals surface area contributed by atoms with Gasteiger partial charge in [0.05, 0.1) is 42.8 Å². The van der Waals surface area contributed by atoms with Gasteiger partial charge >= 0.3 is 5.97 Å². The number of aliphatic imine (C=N–C) groups is 2. The lowest BCUT2D eigenvalue weighted by molar-refractivity contribution is -0.509. The van der Waals surface area contributed by atoms with E-state index in [2.05, 4.69) is 21.6 Å². The first kappa shape index (κ1) is 41.5. The van der Waals surface area contributed by atoms with Gasteiger partial charge in [0, 0.05) is 42.7 Å². The van der Waals surface area contributed by atoms with Crippen molar-refractivity contribution in [3.8, 4) is 28.7 Å². The van der Waals surface area contributed by atoms with E-state index >= 15 is 0 Å². The minimum Gasteiger partial charge on any atom is -0.493 e. The fourth-order valence-corrected chi connectivity index (χ4v) is 7.64. The zero-order valence-electron chi connectivity index (χ0n) is 33.9. The molecule has 0 radical (unpaired) electrons. The van der Waals surface area contributed by atoms with Crippen molar-refractivity contribution < 1.29 is 58.0 Å². The summed E-state index contributed by atoms with van der Waals surface area (Å²) in [5.74, 6) is 0.183. The average molecular weight is 843 g/mol. The number of amides is 2. The van der Waals surface area contributed by atoms with Crippen molar-refractivity contribution >= 4 is 53.5 Å². The molecule has 0 saturated carbocycles. The molecule has 5 aromatic carbocycles. The molecule has 1 N–H and O–H groups in total. The van der Waals surface area contributed by atoms with E-state index in [4.69, 9.17) is 38.7 Å². The van der Waals surface area contributed by atoms with Crippen molar-refractivity contribution in [3.63, 3.8) is 0 Å². The van der Waals surface area contributed by atoms with Gasteiger partial charge in [0.15, 0.2) is 29.6 Å². The summed E-state index contributed by atoms with van der Waals surface area (Å²) >= 11 is 0. The minimum absolute atomic E-state index is 0.00732. The summed E-state index contributed by atoms with van der Waals surface area (Å²) in [6.07, 6.45) is 3.21. The maximum Gasteiger partial charge on any atom is 0.333 e. The number of benzene rings is 5. The molecule has 0 fully saturated rings. The van der Waals surface area contributed by atoms with Crippen LogP contribution in [0.2, 0.25) is 0 Å². The lowest BCUT2D eigenvalue weighted by Gasteiger charge is -2.22. The Morgan fingerprint density at radius 3 is 2.23 bits per heavy atom. The molecule has 16 nitrogen and oxygen atoms in total. The molecule has 0 bridgehead atoms. The Labute approximate surface area is 356 Å². The number of carbonyl (C=O) groups is 3. The zero-order valence-corrected chi connectivity index (χ0v) is 33.9. The SMILES string of the molecule is C=Nc1cc(OCc2cc(COc3cc4c(cc3OC)C(=O)N3c5ccccc5C[C@H]3C=N4)cc(OCCOOOCC(=O)O)c2)c(OC)cc1C(=O)N1CCc2ccccc21. The Morgan fingerprint density at radius 1 is 0.806 bits per heavy atom. The third kappa shape index (κ3) is 8.79. The Bertz CT molecular complexity index is 2560. The van der Waals surface area contributed by atoms with Crippen LogP contribution in [0, 0.1) is 0 Å². The monoisotopic (exact) mass is 842 g/mol. The van der Waals surface area contributed by atoms with Crippen LogP contribution in [0.5, 0.6) is 28.7 Å². The van der Waals surface area contributed by atoms with Crippen molar-refractivity contribution in [2.45, 2.75) is 32.1 Å². The van der Waals surface area contributed by atoms with Crippen LogP contribution >= 0.6 is 0 Å². The number of aliphatic carboxylic acids is 1. The van der Waals surface area contributed by atoms with E-state index < -0.39 is 12.6 Å². The highest BCUT2D eigenvalue weighted by Gasteiger charge is 2.36.